The molecule has 6 heteroatoms. The molecule has 2 aromatic carbocycles. The Morgan fingerprint density at radius 1 is 1.19 bits per heavy atom. The van der Waals surface area contributed by atoms with Gasteiger partial charge in [0.15, 0.2) is 6.61 Å². The largest absolute Gasteiger partial charge is 0.452 e. The van der Waals surface area contributed by atoms with E-state index in [2.05, 4.69) is 4.98 Å². The lowest BCUT2D eigenvalue weighted by Gasteiger charge is -2.22. The molecule has 27 heavy (non-hydrogen) atoms. The molecule has 0 fully saturated rings. The molecular formula is C21H17ClN2O3. The second-order valence-electron chi connectivity index (χ2n) is 6.53. The van der Waals surface area contributed by atoms with Crippen LogP contribution in [0, 0.1) is 0 Å². The van der Waals surface area contributed by atoms with Crippen LogP contribution >= 0.6 is 11.6 Å². The first-order chi connectivity index (χ1) is 13.0. The highest BCUT2D eigenvalue weighted by Crippen LogP contribution is 2.31. The number of hydrogen-bond acceptors (Lipinski definition) is 4. The van der Waals surface area contributed by atoms with Crippen molar-refractivity contribution in [1.29, 1.82) is 0 Å². The number of hydrogen-bond donors (Lipinski definition) is 0. The molecule has 1 amide bonds. The molecule has 0 unspecified atom stereocenters. The Labute approximate surface area is 161 Å². The van der Waals surface area contributed by atoms with Crippen LogP contribution in [0.1, 0.15) is 22.8 Å². The number of rotatable bonds is 3. The van der Waals surface area contributed by atoms with Gasteiger partial charge in [-0.3, -0.25) is 4.79 Å². The number of fused-ring (bicyclic) bond motifs is 2. The van der Waals surface area contributed by atoms with Crippen LogP contribution in [0.5, 0.6) is 0 Å². The molecule has 4 rings (SSSR count). The summed E-state index contributed by atoms with van der Waals surface area (Å²) in [6.07, 6.45) is 0.792. The minimum Gasteiger partial charge on any atom is -0.452 e. The molecule has 136 valence electrons. The molecule has 3 aromatic rings. The molecule has 0 bridgehead atoms. The lowest BCUT2D eigenvalue weighted by atomic mass is 10.1. The van der Waals surface area contributed by atoms with Crippen molar-refractivity contribution in [3.8, 4) is 0 Å². The van der Waals surface area contributed by atoms with Gasteiger partial charge >= 0.3 is 5.97 Å². The number of carbonyl (C=O) groups is 2. The molecule has 1 aliphatic rings. The minimum atomic E-state index is -0.594. The summed E-state index contributed by atoms with van der Waals surface area (Å²) >= 11 is 6.02. The van der Waals surface area contributed by atoms with Crippen molar-refractivity contribution in [2.45, 2.75) is 19.4 Å². The third-order valence-corrected chi connectivity index (χ3v) is 4.90. The van der Waals surface area contributed by atoms with Crippen LogP contribution in [0.25, 0.3) is 10.9 Å². The van der Waals surface area contributed by atoms with Gasteiger partial charge in [-0.15, -0.1) is 0 Å². The minimum absolute atomic E-state index is 0.0322. The number of amides is 1. The maximum absolute atomic E-state index is 12.7. The highest BCUT2D eigenvalue weighted by Gasteiger charge is 2.31. The summed E-state index contributed by atoms with van der Waals surface area (Å²) in [7, 11) is 0. The lowest BCUT2D eigenvalue weighted by molar-refractivity contribution is -0.122. The number of esters is 1. The van der Waals surface area contributed by atoms with E-state index in [1.807, 2.05) is 43.3 Å². The Hall–Kier alpha value is -2.92. The van der Waals surface area contributed by atoms with Crippen molar-refractivity contribution in [3.63, 3.8) is 0 Å². The van der Waals surface area contributed by atoms with E-state index in [0.717, 1.165) is 17.7 Å². The van der Waals surface area contributed by atoms with Gasteiger partial charge in [-0.05, 0) is 37.1 Å². The number of halogens is 1. The zero-order valence-corrected chi connectivity index (χ0v) is 15.4. The Morgan fingerprint density at radius 3 is 2.78 bits per heavy atom. The number of ether oxygens (including phenoxy) is 1. The van der Waals surface area contributed by atoms with Gasteiger partial charge in [-0.25, -0.2) is 9.78 Å². The fourth-order valence-corrected chi connectivity index (χ4v) is 3.73. The van der Waals surface area contributed by atoms with E-state index < -0.39 is 5.97 Å². The van der Waals surface area contributed by atoms with Gasteiger partial charge in [0.1, 0.15) is 5.15 Å². The van der Waals surface area contributed by atoms with Gasteiger partial charge in [0, 0.05) is 17.1 Å². The van der Waals surface area contributed by atoms with Crippen LogP contribution in [0.3, 0.4) is 0 Å². The maximum Gasteiger partial charge on any atom is 0.339 e. The first-order valence-corrected chi connectivity index (χ1v) is 9.05. The second-order valence-corrected chi connectivity index (χ2v) is 6.92. The van der Waals surface area contributed by atoms with Crippen LogP contribution < -0.4 is 4.90 Å². The van der Waals surface area contributed by atoms with Crippen LogP contribution in [0.2, 0.25) is 5.15 Å². The van der Waals surface area contributed by atoms with Gasteiger partial charge < -0.3 is 9.64 Å². The monoisotopic (exact) mass is 380 g/mol. The molecule has 2 heterocycles. The number of carbonyl (C=O) groups excluding carboxylic acids is 2. The quantitative estimate of drug-likeness (QED) is 0.508. The van der Waals surface area contributed by atoms with E-state index in [4.69, 9.17) is 16.3 Å². The predicted octanol–water partition coefficient (Wildman–Crippen LogP) is 4.02. The van der Waals surface area contributed by atoms with Crippen molar-refractivity contribution in [2.24, 2.45) is 0 Å². The molecule has 1 aliphatic heterocycles. The average molecular weight is 381 g/mol. The summed E-state index contributed by atoms with van der Waals surface area (Å²) in [5, 5.41) is 0.841. The molecule has 0 aliphatic carbocycles. The third-order valence-electron chi connectivity index (χ3n) is 4.71. The van der Waals surface area contributed by atoms with Crippen molar-refractivity contribution >= 4 is 40.1 Å². The summed E-state index contributed by atoms with van der Waals surface area (Å²) in [4.78, 5) is 31.2. The summed E-state index contributed by atoms with van der Waals surface area (Å²) in [5.74, 6) is -0.839. The van der Waals surface area contributed by atoms with Gasteiger partial charge in [0.25, 0.3) is 5.91 Å². The molecule has 5 nitrogen and oxygen atoms in total. The van der Waals surface area contributed by atoms with E-state index in [9.17, 15) is 9.59 Å². The predicted molar refractivity (Wildman–Crippen MR) is 104 cm³/mol. The number of benzene rings is 2. The van der Waals surface area contributed by atoms with Crippen molar-refractivity contribution in [1.82, 2.24) is 4.98 Å². The number of anilines is 1. The Kier molecular flexibility index (Phi) is 4.54. The second kappa shape index (κ2) is 7.00. The number of para-hydroxylation sites is 2. The maximum atomic E-state index is 12.7. The Morgan fingerprint density at radius 2 is 1.93 bits per heavy atom. The van der Waals surface area contributed by atoms with E-state index in [1.54, 1.807) is 17.0 Å². The van der Waals surface area contributed by atoms with Gasteiger partial charge in [-0.2, -0.15) is 0 Å². The van der Waals surface area contributed by atoms with E-state index in [0.29, 0.717) is 16.5 Å². The zero-order chi connectivity index (χ0) is 19.0. The van der Waals surface area contributed by atoms with Gasteiger partial charge in [0.2, 0.25) is 0 Å². The Balaban J connectivity index is 1.53. The summed E-state index contributed by atoms with van der Waals surface area (Å²) in [6.45, 7) is 1.65. The summed E-state index contributed by atoms with van der Waals surface area (Å²) in [5.41, 5.74) is 2.90. The number of nitrogens with zero attached hydrogens (tertiary/aromatic N) is 2. The fourth-order valence-electron chi connectivity index (χ4n) is 3.53. The Bertz CT molecular complexity index is 1050. The molecule has 0 spiro atoms. The fraction of sp³-hybridized carbons (Fsp3) is 0.190. The highest BCUT2D eigenvalue weighted by molar-refractivity contribution is 6.30. The SMILES string of the molecule is C[C@@H]1Cc2ccccc2N1C(=O)COC(=O)c1cc(Cl)nc2ccccc12. The summed E-state index contributed by atoms with van der Waals surface area (Å²) < 4.78 is 5.31. The van der Waals surface area contributed by atoms with E-state index in [-0.39, 0.29) is 23.7 Å². The van der Waals surface area contributed by atoms with Crippen LogP contribution in [-0.4, -0.2) is 29.5 Å². The average Bonchev–Trinajstić information content (AvgIpc) is 3.00. The van der Waals surface area contributed by atoms with E-state index >= 15 is 0 Å². The number of pyridine rings is 1. The normalized spacial score (nSPS) is 15.6. The lowest BCUT2D eigenvalue weighted by Crippen LogP contribution is -2.38. The first-order valence-electron chi connectivity index (χ1n) is 8.67. The van der Waals surface area contributed by atoms with E-state index in [1.165, 1.54) is 6.07 Å². The molecule has 0 N–H and O–H groups in total. The molecule has 0 saturated carbocycles. The van der Waals surface area contributed by atoms with Gasteiger partial charge in [-0.1, -0.05) is 48.0 Å². The topological polar surface area (TPSA) is 59.5 Å². The van der Waals surface area contributed by atoms with Crippen LogP contribution in [0.4, 0.5) is 5.69 Å². The van der Waals surface area contributed by atoms with Crippen LogP contribution in [0.15, 0.2) is 54.6 Å². The first kappa shape index (κ1) is 17.5. The third kappa shape index (κ3) is 3.26. The zero-order valence-electron chi connectivity index (χ0n) is 14.7. The van der Waals surface area contributed by atoms with Crippen LogP contribution in [-0.2, 0) is 16.0 Å². The molecule has 0 radical (unpaired) electrons. The summed E-state index contributed by atoms with van der Waals surface area (Å²) in [6, 6.07) is 16.4. The van der Waals surface area contributed by atoms with Crippen molar-refractivity contribution in [2.75, 3.05) is 11.5 Å². The smallest absolute Gasteiger partial charge is 0.339 e. The number of aromatic nitrogens is 1. The standard InChI is InChI=1S/C21H17ClN2O3/c1-13-10-14-6-2-5-9-18(14)24(13)20(25)12-27-21(26)16-11-19(22)23-17-8-4-3-7-15(16)17/h2-9,11,13H,10,12H2,1H3/t13-/m1/s1. The molecule has 1 atom stereocenters. The molecule has 0 saturated heterocycles. The van der Waals surface area contributed by atoms with Crippen molar-refractivity contribution in [3.05, 3.63) is 70.9 Å². The molecule has 1 aromatic heterocycles. The van der Waals surface area contributed by atoms with Gasteiger partial charge in [0.05, 0.1) is 11.1 Å². The molecular weight excluding hydrogens is 364 g/mol. The highest BCUT2D eigenvalue weighted by atomic mass is 35.5. The van der Waals surface area contributed by atoms with Crippen molar-refractivity contribution < 1.29 is 14.3 Å².